The van der Waals surface area contributed by atoms with Crippen LogP contribution in [0.2, 0.25) is 0 Å². The van der Waals surface area contributed by atoms with Gasteiger partial charge in [-0.2, -0.15) is 0 Å². The molecule has 3 rings (SSSR count). The van der Waals surface area contributed by atoms with Gasteiger partial charge in [0.15, 0.2) is 0 Å². The van der Waals surface area contributed by atoms with Gasteiger partial charge in [0.1, 0.15) is 5.82 Å². The Morgan fingerprint density at radius 3 is 2.07 bits per heavy atom. The van der Waals surface area contributed by atoms with Crippen molar-refractivity contribution in [2.24, 2.45) is 0 Å². The van der Waals surface area contributed by atoms with Crippen LogP contribution in [0.1, 0.15) is 15.9 Å². The van der Waals surface area contributed by atoms with E-state index in [1.807, 2.05) is 4.90 Å². The van der Waals surface area contributed by atoms with Crippen molar-refractivity contribution < 1.29 is 19.0 Å². The van der Waals surface area contributed by atoms with Gasteiger partial charge in [0, 0.05) is 50.4 Å². The lowest BCUT2D eigenvalue weighted by atomic mass is 10.1. The van der Waals surface area contributed by atoms with E-state index in [-0.39, 0.29) is 11.4 Å². The van der Waals surface area contributed by atoms with Gasteiger partial charge in [-0.05, 0) is 6.07 Å². The van der Waals surface area contributed by atoms with Crippen molar-refractivity contribution in [3.8, 4) is 0 Å². The lowest BCUT2D eigenvalue weighted by Crippen LogP contribution is -2.48. The zero-order valence-electron chi connectivity index (χ0n) is 14.8. The fourth-order valence-electron chi connectivity index (χ4n) is 3.09. The number of non-ortho nitro benzene ring substituents is 2. The number of nitrogens with zero attached hydrogens (tertiary/aromatic N) is 4. The number of hydrogen-bond acceptors (Lipinski definition) is 6. The van der Waals surface area contributed by atoms with E-state index in [4.69, 9.17) is 0 Å². The molecule has 1 heterocycles. The predicted octanol–water partition coefficient (Wildman–Crippen LogP) is 2.60. The van der Waals surface area contributed by atoms with Crippen LogP contribution < -0.4 is 0 Å². The molecule has 28 heavy (non-hydrogen) atoms. The number of rotatable bonds is 5. The summed E-state index contributed by atoms with van der Waals surface area (Å²) in [7, 11) is 0. The average Bonchev–Trinajstić information content (AvgIpc) is 2.69. The van der Waals surface area contributed by atoms with Crippen LogP contribution in [-0.4, -0.2) is 51.7 Å². The molecule has 9 nitrogen and oxygen atoms in total. The average molecular weight is 388 g/mol. The first-order valence-corrected chi connectivity index (χ1v) is 8.54. The zero-order valence-corrected chi connectivity index (χ0v) is 14.8. The maximum Gasteiger partial charge on any atom is 0.277 e. The standard InChI is InChI=1S/C18H17FN4O5/c19-17-4-2-1-3-13(17)12-20-5-7-21(8-6-20)18(24)14-9-15(22(25)26)11-16(10-14)23(27)28/h1-4,9-11H,5-8,12H2. The van der Waals surface area contributed by atoms with Crippen molar-refractivity contribution in [3.05, 3.63) is 79.6 Å². The third-order valence-electron chi connectivity index (χ3n) is 4.58. The van der Waals surface area contributed by atoms with E-state index < -0.39 is 27.1 Å². The number of carbonyl (C=O) groups excluding carboxylic acids is 1. The SMILES string of the molecule is O=C(c1cc([N+](=O)[O-])cc([N+](=O)[O-])c1)N1CCN(Cc2ccccc2F)CC1. The summed E-state index contributed by atoms with van der Waals surface area (Å²) >= 11 is 0. The molecule has 0 unspecified atom stereocenters. The molecule has 10 heteroatoms. The Hall–Kier alpha value is -3.40. The van der Waals surface area contributed by atoms with E-state index in [2.05, 4.69) is 0 Å². The number of nitro benzene ring substituents is 2. The first-order chi connectivity index (χ1) is 13.3. The van der Waals surface area contributed by atoms with Gasteiger partial charge in [-0.3, -0.25) is 29.9 Å². The Kier molecular flexibility index (Phi) is 5.59. The van der Waals surface area contributed by atoms with Crippen molar-refractivity contribution in [2.75, 3.05) is 26.2 Å². The summed E-state index contributed by atoms with van der Waals surface area (Å²) in [6, 6.07) is 9.38. The second kappa shape index (κ2) is 8.09. The van der Waals surface area contributed by atoms with Gasteiger partial charge < -0.3 is 4.90 Å². The molecular weight excluding hydrogens is 371 g/mol. The van der Waals surface area contributed by atoms with Crippen LogP contribution in [0.3, 0.4) is 0 Å². The molecule has 0 aromatic heterocycles. The summed E-state index contributed by atoms with van der Waals surface area (Å²) in [5, 5.41) is 22.0. The molecule has 0 radical (unpaired) electrons. The van der Waals surface area contributed by atoms with Gasteiger partial charge in [-0.1, -0.05) is 18.2 Å². The maximum atomic E-state index is 13.8. The second-order valence-electron chi connectivity index (χ2n) is 6.41. The molecule has 0 bridgehead atoms. The van der Waals surface area contributed by atoms with Crippen LogP contribution in [-0.2, 0) is 6.54 Å². The van der Waals surface area contributed by atoms with E-state index >= 15 is 0 Å². The number of amides is 1. The fraction of sp³-hybridized carbons (Fsp3) is 0.278. The van der Waals surface area contributed by atoms with E-state index in [1.54, 1.807) is 18.2 Å². The first kappa shape index (κ1) is 19.4. The highest BCUT2D eigenvalue weighted by Crippen LogP contribution is 2.24. The maximum absolute atomic E-state index is 13.8. The van der Waals surface area contributed by atoms with Crippen LogP contribution >= 0.6 is 0 Å². The molecule has 2 aromatic carbocycles. The quantitative estimate of drug-likeness (QED) is 0.575. The van der Waals surface area contributed by atoms with Crippen LogP contribution in [0.5, 0.6) is 0 Å². The highest BCUT2D eigenvalue weighted by Gasteiger charge is 2.26. The third-order valence-corrected chi connectivity index (χ3v) is 4.58. The van der Waals surface area contributed by atoms with Gasteiger partial charge >= 0.3 is 0 Å². The number of hydrogen-bond donors (Lipinski definition) is 0. The molecular formula is C18H17FN4O5. The summed E-state index contributed by atoms with van der Waals surface area (Å²) in [6.45, 7) is 2.08. The fourth-order valence-corrected chi connectivity index (χ4v) is 3.09. The van der Waals surface area contributed by atoms with Crippen molar-refractivity contribution >= 4 is 17.3 Å². The van der Waals surface area contributed by atoms with Gasteiger partial charge in [0.25, 0.3) is 17.3 Å². The highest BCUT2D eigenvalue weighted by molar-refractivity contribution is 5.95. The number of carbonyl (C=O) groups is 1. The lowest BCUT2D eigenvalue weighted by Gasteiger charge is -2.34. The van der Waals surface area contributed by atoms with Crippen LogP contribution in [0.25, 0.3) is 0 Å². The molecule has 1 aliphatic heterocycles. The van der Waals surface area contributed by atoms with Gasteiger partial charge in [-0.15, -0.1) is 0 Å². The normalized spacial score (nSPS) is 14.7. The summed E-state index contributed by atoms with van der Waals surface area (Å²) in [4.78, 5) is 36.6. The molecule has 2 aromatic rings. The Morgan fingerprint density at radius 2 is 1.54 bits per heavy atom. The molecule has 0 saturated carbocycles. The number of nitro groups is 2. The van der Waals surface area contributed by atoms with Gasteiger partial charge in [0.2, 0.25) is 0 Å². The Balaban J connectivity index is 1.69. The van der Waals surface area contributed by atoms with E-state index in [1.165, 1.54) is 11.0 Å². The van der Waals surface area contributed by atoms with Crippen molar-refractivity contribution in [1.29, 1.82) is 0 Å². The van der Waals surface area contributed by atoms with Gasteiger partial charge in [0.05, 0.1) is 21.5 Å². The van der Waals surface area contributed by atoms with E-state index in [0.717, 1.165) is 18.2 Å². The van der Waals surface area contributed by atoms with Crippen molar-refractivity contribution in [2.45, 2.75) is 6.54 Å². The molecule has 1 amide bonds. The topological polar surface area (TPSA) is 110 Å². The van der Waals surface area contributed by atoms with E-state index in [0.29, 0.717) is 38.3 Å². The first-order valence-electron chi connectivity index (χ1n) is 8.54. The lowest BCUT2D eigenvalue weighted by molar-refractivity contribution is -0.394. The van der Waals surface area contributed by atoms with E-state index in [9.17, 15) is 29.4 Å². The summed E-state index contributed by atoms with van der Waals surface area (Å²) in [5.74, 6) is -0.790. The zero-order chi connectivity index (χ0) is 20.3. The summed E-state index contributed by atoms with van der Waals surface area (Å²) in [6.07, 6.45) is 0. The molecule has 0 N–H and O–H groups in total. The molecule has 0 atom stereocenters. The minimum absolute atomic E-state index is 0.0940. The Bertz CT molecular complexity index is 896. The molecule has 146 valence electrons. The van der Waals surface area contributed by atoms with Crippen molar-refractivity contribution in [1.82, 2.24) is 9.80 Å². The molecule has 0 spiro atoms. The second-order valence-corrected chi connectivity index (χ2v) is 6.41. The molecule has 1 aliphatic rings. The molecule has 1 saturated heterocycles. The monoisotopic (exact) mass is 388 g/mol. The third kappa shape index (κ3) is 4.29. The molecule has 1 fully saturated rings. The van der Waals surface area contributed by atoms with Crippen molar-refractivity contribution in [3.63, 3.8) is 0 Å². The summed E-state index contributed by atoms with van der Waals surface area (Å²) in [5.41, 5.74) is -0.536. The van der Waals surface area contributed by atoms with Crippen LogP contribution in [0, 0.1) is 26.0 Å². The number of halogens is 1. The largest absolute Gasteiger partial charge is 0.336 e. The minimum atomic E-state index is -0.768. The highest BCUT2D eigenvalue weighted by atomic mass is 19.1. The Labute approximate surface area is 159 Å². The summed E-state index contributed by atoms with van der Waals surface area (Å²) < 4.78 is 13.8. The minimum Gasteiger partial charge on any atom is -0.336 e. The van der Waals surface area contributed by atoms with Crippen LogP contribution in [0.4, 0.5) is 15.8 Å². The predicted molar refractivity (Wildman–Crippen MR) is 97.3 cm³/mol. The number of piperazine rings is 1. The number of benzene rings is 2. The van der Waals surface area contributed by atoms with Gasteiger partial charge in [-0.25, -0.2) is 4.39 Å². The Morgan fingerprint density at radius 1 is 0.964 bits per heavy atom. The smallest absolute Gasteiger partial charge is 0.277 e. The molecule has 0 aliphatic carbocycles. The van der Waals surface area contributed by atoms with Crippen LogP contribution in [0.15, 0.2) is 42.5 Å².